The molecule has 618 valence electrons. The molecule has 18 N–H and O–H groups in total. The number of anilines is 9. The first-order chi connectivity index (χ1) is 60.1. The van der Waals surface area contributed by atoms with Gasteiger partial charge in [-0.15, -0.1) is 5.23 Å². The molecule has 21 rings (SSSR count). The van der Waals surface area contributed by atoms with Crippen molar-refractivity contribution in [2.45, 2.75) is 20.8 Å². The van der Waals surface area contributed by atoms with Gasteiger partial charge in [-0.1, -0.05) is 48.0 Å². The number of carbonyl (C=O) groups excluding carboxylic acids is 7. The highest BCUT2D eigenvalue weighted by atomic mass is 35.5. The summed E-state index contributed by atoms with van der Waals surface area (Å²) in [5.74, 6) is 0.298. The molecule has 14 heterocycles. The summed E-state index contributed by atoms with van der Waals surface area (Å²) >= 11 is 5.93. The van der Waals surface area contributed by atoms with Crippen LogP contribution in [-0.4, -0.2) is 136 Å². The highest BCUT2D eigenvalue weighted by Gasteiger charge is 2.32. The van der Waals surface area contributed by atoms with Gasteiger partial charge < -0.3 is 87.3 Å². The lowest BCUT2D eigenvalue weighted by atomic mass is 9.99. The predicted molar refractivity (Wildman–Crippen MR) is 474 cm³/mol. The molecule has 124 heavy (non-hydrogen) atoms. The van der Waals surface area contributed by atoms with E-state index in [1.54, 1.807) is 181 Å². The Bertz CT molecular complexity index is 6550. The molecule has 0 radical (unpaired) electrons. The summed E-state index contributed by atoms with van der Waals surface area (Å²) in [5.41, 5.74) is 31.0. The van der Waals surface area contributed by atoms with Crippen LogP contribution in [0.3, 0.4) is 0 Å². The lowest BCUT2D eigenvalue weighted by Gasteiger charge is -2.09. The monoisotopic (exact) mass is 1680 g/mol. The number of halogens is 1. The Morgan fingerprint density at radius 1 is 0.331 bits per heavy atom. The fourth-order valence-electron chi connectivity index (χ4n) is 14.0. The third-order valence-electron chi connectivity index (χ3n) is 19.6. The van der Waals surface area contributed by atoms with Gasteiger partial charge in [0.05, 0.1) is 192 Å². The third kappa shape index (κ3) is 18.4. The zero-order chi connectivity index (χ0) is 86.7. The van der Waals surface area contributed by atoms with Gasteiger partial charge in [0.25, 0.3) is 41.4 Å². The fourth-order valence-corrected chi connectivity index (χ4v) is 14.2. The van der Waals surface area contributed by atoms with Crippen LogP contribution in [0.1, 0.15) is 95.5 Å². The summed E-state index contributed by atoms with van der Waals surface area (Å²) in [4.78, 5) is 131. The number of aromatic nitrogens is 14. The summed E-state index contributed by atoms with van der Waals surface area (Å²) in [6.07, 6.45) is 35.0. The minimum Gasteiger partial charge on any atom is -0.493 e. The van der Waals surface area contributed by atoms with E-state index >= 15 is 0 Å². The molecule has 0 saturated heterocycles. The van der Waals surface area contributed by atoms with Gasteiger partial charge in [0.1, 0.15) is 0 Å². The summed E-state index contributed by atoms with van der Waals surface area (Å²) in [7, 11) is 3.12. The van der Waals surface area contributed by atoms with Crippen LogP contribution in [0.2, 0.25) is 5.02 Å². The first kappa shape index (κ1) is 82.0. The molecule has 0 atom stereocenters. The van der Waals surface area contributed by atoms with Crippen molar-refractivity contribution in [2.75, 3.05) is 62.4 Å². The van der Waals surface area contributed by atoms with Crippen LogP contribution >= 0.6 is 11.6 Å². The van der Waals surface area contributed by atoms with Crippen molar-refractivity contribution >= 4 is 186 Å². The molecule has 7 aliphatic heterocycles. The van der Waals surface area contributed by atoms with E-state index in [4.69, 9.17) is 37.2 Å². The number of H-pyrrole nitrogens is 7. The Kier molecular flexibility index (Phi) is 24.1. The second-order valence-corrected chi connectivity index (χ2v) is 28.4. The van der Waals surface area contributed by atoms with Crippen molar-refractivity contribution in [1.29, 1.82) is 0 Å². The quantitative estimate of drug-likeness (QED) is 0.0343. The zero-order valence-electron chi connectivity index (χ0n) is 66.3. The van der Waals surface area contributed by atoms with Crippen molar-refractivity contribution in [1.82, 2.24) is 69.8 Å². The van der Waals surface area contributed by atoms with Crippen molar-refractivity contribution in [3.8, 4) is 11.5 Å². The Labute approximate surface area is 709 Å². The number of carbonyl (C=O) groups is 7. The largest absolute Gasteiger partial charge is 0.493 e. The van der Waals surface area contributed by atoms with Crippen molar-refractivity contribution in [2.24, 2.45) is 0 Å². The summed E-state index contributed by atoms with van der Waals surface area (Å²) in [6.45, 7) is 6.04. The van der Waals surface area contributed by atoms with Gasteiger partial charge in [0.2, 0.25) is 0 Å². The Morgan fingerprint density at radius 2 is 0.669 bits per heavy atom. The van der Waals surface area contributed by atoms with Gasteiger partial charge in [0, 0.05) is 89.8 Å². The Hall–Kier alpha value is -17.1. The van der Waals surface area contributed by atoms with Gasteiger partial charge in [-0.05, 0) is 159 Å². The molecule has 7 aromatic carbocycles. The number of para-hydroxylation sites is 1. The van der Waals surface area contributed by atoms with Crippen LogP contribution in [0.25, 0.3) is 81.5 Å². The Morgan fingerprint density at radius 3 is 1.10 bits per heavy atom. The number of fused-ring (bicyclic) bond motifs is 7. The van der Waals surface area contributed by atoms with Crippen molar-refractivity contribution in [3.05, 3.63) is 310 Å². The number of benzene rings is 7. The first-order valence-electron chi connectivity index (χ1n) is 37.8. The molecule has 0 aliphatic carbocycles. The zero-order valence-corrected chi connectivity index (χ0v) is 67.0. The molecule has 7 aromatic heterocycles. The predicted octanol–water partition coefficient (Wildman–Crippen LogP) is 14.1. The highest BCUT2D eigenvalue weighted by Crippen LogP contribution is 2.44. The van der Waals surface area contributed by atoms with Crippen LogP contribution in [0.4, 0.5) is 51.2 Å². The van der Waals surface area contributed by atoms with Crippen LogP contribution in [-0.2, 0) is 33.6 Å². The number of imidazole rings is 7. The number of ether oxygens (including phenoxy) is 2. The van der Waals surface area contributed by atoms with E-state index in [1.807, 2.05) is 81.5 Å². The minimum atomic E-state index is -0.246. The van der Waals surface area contributed by atoms with Gasteiger partial charge in [-0.25, -0.2) is 34.9 Å². The molecule has 0 saturated carbocycles. The number of rotatable bonds is 10. The molecule has 7 aliphatic rings. The average Bonchev–Trinajstić information content (AvgIpc) is 1.62. The maximum Gasteiger partial charge on any atom is 0.256 e. The minimum absolute atomic E-state index is 0.0108. The number of hydrogen-bond acceptors (Lipinski definition) is 20. The second-order valence-electron chi connectivity index (χ2n) is 27.9. The number of nitrogen functional groups attached to an aromatic ring is 1. The van der Waals surface area contributed by atoms with E-state index in [0.717, 1.165) is 113 Å². The van der Waals surface area contributed by atoms with E-state index in [2.05, 4.69) is 113 Å². The van der Waals surface area contributed by atoms with Crippen LogP contribution in [0, 0.1) is 20.8 Å². The van der Waals surface area contributed by atoms with Gasteiger partial charge in [0.15, 0.2) is 11.5 Å². The number of hydrogen-bond donors (Lipinski definition) is 17. The highest BCUT2D eigenvalue weighted by molar-refractivity contribution is 6.40. The topological polar surface area (TPSA) is 493 Å². The van der Waals surface area contributed by atoms with E-state index in [9.17, 15) is 33.6 Å². The molecule has 0 fully saturated rings. The Balaban J connectivity index is 0.000000112. The number of aromatic amines is 7. The number of amides is 7. The average molecular weight is 1680 g/mol. The van der Waals surface area contributed by atoms with Crippen LogP contribution in [0.15, 0.2) is 209 Å². The standard InChI is InChI=1S/C14H13N3O3.C14H13N3O.C13H11N3O.C12H8ClN3O.C12H10N4O3.C12H10N4O.C12H9N3O/c1-19-12-4-9-10(3-8-6-15-7-16-8)14(18)17-11(9)5-13(12)20-2;1-8-3-9(2)13-11(5-10-6-15-7-16-10)14(18)17-12(13)4-8;1-8-3-2-4-11-12(8)10(13(17)16-11)5-9-6-14-7-15-9;13-7-1-2-11-9(3-7)10(12(17)16-11)4-8-5-14-6-15-8;17-12-10(3-7-5-13-6-14-7)9-4-8(16(18)19)1-2-11(9)15-12;13-7-1-2-11-9(3-7)10(12(17)16-11)4-8-5-14-6-15-8;16-12-10(5-8-6-13-7-14-8)9-3-1-2-4-11(9)15-12/h3-7H,1-2H3,(H,15,16)(H,17,18);3-7H,1-2H3,(H,15,16)(H,17,18);2-7H,1H3,(H,14,15)(H,16,17);1-6H,(H,14,15)(H,16,17);1-6,18-19H,(H,13,14)(H,15,17);1-6H,13H2,(H,14,15)(H,16,17);1-7H,(H,13,14)(H,15,16)/b10-3+;11-5+;10-5+;10-4+;10-3+;10-4+;10-5+. The SMILES string of the molecule is COc1cc2c(cc1OC)/C(=C\c1cnc[nH]1)C(=O)N2.Cc1cc(C)c2c(c1)NC(=O)/C2=C/c1cnc[nH]1.Cc1cccc2c1/C(=C\c1cnc[nH]1)C(=O)N2.Nc1ccc2c(c1)/C(=C\c1cnc[nH]1)C(=O)N2.O=C1Nc2ccc(Cl)cc2/C1=C\c1cnc[nH]1.O=C1Nc2ccc(N(O)O)cc2/C1=C\c1cnc[nH]1.O=C1Nc2ccccc2/C1=C\c1cnc[nH]1. The van der Waals surface area contributed by atoms with Crippen molar-refractivity contribution < 1.29 is 53.4 Å². The van der Waals surface area contributed by atoms with Gasteiger partial charge >= 0.3 is 0 Å². The normalized spacial score (nSPS) is 15.8. The lowest BCUT2D eigenvalue weighted by Crippen LogP contribution is -2.10. The second kappa shape index (κ2) is 36.4. The number of nitrogens with two attached hydrogens (primary N) is 1. The van der Waals surface area contributed by atoms with Crippen LogP contribution in [0.5, 0.6) is 11.5 Å². The fraction of sp³-hybridized carbons (Fsp3) is 0.0562. The van der Waals surface area contributed by atoms with Crippen LogP contribution < -0.4 is 57.7 Å². The summed E-state index contributed by atoms with van der Waals surface area (Å²) in [5, 5.41) is 38.3. The molecule has 34 nitrogen and oxygen atoms in total. The van der Waals surface area contributed by atoms with E-state index in [0.29, 0.717) is 83.9 Å². The molecule has 14 aromatic rings. The molecule has 7 amide bonds. The summed E-state index contributed by atoms with van der Waals surface area (Å²) in [6, 6.07) is 36.4. The van der Waals surface area contributed by atoms with Gasteiger partial charge in [-0.2, -0.15) is 0 Å². The van der Waals surface area contributed by atoms with E-state index < -0.39 is 0 Å². The number of nitrogens with zero attached hydrogens (tertiary/aromatic N) is 8. The maximum absolute atomic E-state index is 12.1. The molecule has 0 spiro atoms. The lowest BCUT2D eigenvalue weighted by molar-refractivity contribution is -0.111. The van der Waals surface area contributed by atoms with E-state index in [-0.39, 0.29) is 52.3 Å². The molecule has 35 heteroatoms. The maximum atomic E-state index is 12.1. The number of aryl methyl sites for hydroxylation is 3. The molecule has 0 bridgehead atoms. The molecular formula is C89H74ClN23O11. The third-order valence-corrected chi connectivity index (χ3v) is 19.9. The molecular weight excluding hydrogens is 1600 g/mol. The number of nitrogens with one attached hydrogen (secondary N) is 14. The molecule has 0 unspecified atom stereocenters. The van der Waals surface area contributed by atoms with Gasteiger partial charge in [-0.3, -0.25) is 44.0 Å². The van der Waals surface area contributed by atoms with Crippen molar-refractivity contribution in [3.63, 3.8) is 0 Å². The first-order valence-corrected chi connectivity index (χ1v) is 38.2. The smallest absolute Gasteiger partial charge is 0.256 e. The number of methoxy groups -OCH3 is 2. The summed E-state index contributed by atoms with van der Waals surface area (Å²) < 4.78 is 10.5. The van der Waals surface area contributed by atoms with E-state index in [1.165, 1.54) is 18.5 Å².